The summed E-state index contributed by atoms with van der Waals surface area (Å²) in [6.45, 7) is 4.07. The molecule has 1 heterocycles. The van der Waals surface area contributed by atoms with Crippen LogP contribution in [-0.2, 0) is 16.9 Å². The van der Waals surface area contributed by atoms with Gasteiger partial charge in [0.15, 0.2) is 11.5 Å². The third-order valence-electron chi connectivity index (χ3n) is 6.04. The number of hydrogen-bond donors (Lipinski definition) is 3. The number of nitrogens with zero attached hydrogens (tertiary/aromatic N) is 2. The van der Waals surface area contributed by atoms with Crippen LogP contribution in [0.4, 0.5) is 10.5 Å². The van der Waals surface area contributed by atoms with Gasteiger partial charge in [0.25, 0.3) is 5.91 Å². The van der Waals surface area contributed by atoms with Crippen LogP contribution in [-0.4, -0.2) is 29.8 Å². The molecule has 0 aromatic heterocycles. The summed E-state index contributed by atoms with van der Waals surface area (Å²) in [6, 6.07) is 21.2. The van der Waals surface area contributed by atoms with Crippen molar-refractivity contribution in [2.75, 3.05) is 12.4 Å². The summed E-state index contributed by atoms with van der Waals surface area (Å²) >= 11 is 2.27. The van der Waals surface area contributed by atoms with Crippen molar-refractivity contribution in [1.82, 2.24) is 10.2 Å². The van der Waals surface area contributed by atoms with E-state index in [2.05, 4.69) is 44.3 Å². The lowest BCUT2D eigenvalue weighted by Gasteiger charge is -2.21. The summed E-state index contributed by atoms with van der Waals surface area (Å²) in [6.07, 6.45) is 0. The van der Waals surface area contributed by atoms with E-state index in [1.807, 2.05) is 67.6 Å². The predicted octanol–water partition coefficient (Wildman–Crippen LogP) is 4.59. The molecule has 0 spiro atoms. The lowest BCUT2D eigenvalue weighted by Crippen LogP contribution is -2.38. The first-order chi connectivity index (χ1) is 16.2. The summed E-state index contributed by atoms with van der Waals surface area (Å²) < 4.78 is 1.07. The second-order valence-electron chi connectivity index (χ2n) is 8.41. The molecule has 3 aromatic rings. The number of halogens is 1. The average Bonchev–Trinajstić information content (AvgIpc) is 3.03. The summed E-state index contributed by atoms with van der Waals surface area (Å²) in [4.78, 5) is 31.2. The van der Waals surface area contributed by atoms with E-state index in [9.17, 15) is 9.59 Å². The Labute approximate surface area is 212 Å². The van der Waals surface area contributed by atoms with Crippen molar-refractivity contribution in [2.45, 2.75) is 25.9 Å². The normalized spacial score (nSPS) is 17.5. The highest BCUT2D eigenvalue weighted by atomic mass is 127. The van der Waals surface area contributed by atoms with Crippen LogP contribution in [0.1, 0.15) is 23.6 Å². The number of hydrogen-bond acceptors (Lipinski definition) is 4. The third-order valence-corrected chi connectivity index (χ3v) is 6.71. The van der Waals surface area contributed by atoms with E-state index in [1.165, 1.54) is 4.90 Å². The van der Waals surface area contributed by atoms with E-state index < -0.39 is 5.54 Å². The molecule has 34 heavy (non-hydrogen) atoms. The van der Waals surface area contributed by atoms with Gasteiger partial charge in [-0.15, -0.1) is 0 Å². The molecule has 1 aliphatic rings. The monoisotopic (exact) mass is 567 g/mol. The number of rotatable bonds is 5. The molecule has 0 saturated carbocycles. The smallest absolute Gasteiger partial charge is 0.319 e. The molecule has 0 radical (unpaired) electrons. The minimum atomic E-state index is -1.07. The van der Waals surface area contributed by atoms with E-state index in [0.29, 0.717) is 6.54 Å². The van der Waals surface area contributed by atoms with Crippen LogP contribution in [0.15, 0.2) is 71.7 Å². The van der Waals surface area contributed by atoms with Crippen molar-refractivity contribution in [3.63, 3.8) is 0 Å². The Morgan fingerprint density at radius 1 is 1.12 bits per heavy atom. The molecule has 3 aromatic carbocycles. The van der Waals surface area contributed by atoms with Crippen LogP contribution >= 0.6 is 22.6 Å². The Hall–Kier alpha value is -3.40. The predicted molar refractivity (Wildman–Crippen MR) is 143 cm³/mol. The van der Waals surface area contributed by atoms with Gasteiger partial charge >= 0.3 is 6.03 Å². The lowest BCUT2D eigenvalue weighted by atomic mass is 9.89. The van der Waals surface area contributed by atoms with Crippen molar-refractivity contribution in [3.8, 4) is 11.1 Å². The first-order valence-corrected chi connectivity index (χ1v) is 11.9. The summed E-state index contributed by atoms with van der Waals surface area (Å²) in [5.41, 5.74) is 10.2. The fraction of sp³-hybridized carbons (Fsp3) is 0.192. The number of nitrogens with two attached hydrogens (primary N) is 1. The van der Waals surface area contributed by atoms with Crippen molar-refractivity contribution >= 4 is 46.2 Å². The minimum Gasteiger partial charge on any atom is -0.369 e. The van der Waals surface area contributed by atoms with Gasteiger partial charge in [-0.1, -0.05) is 42.5 Å². The quantitative estimate of drug-likeness (QED) is 0.394. The standard InChI is InChI=1S/C26H26IN5O2/c1-16-7-4-5-10-22(16)30-25(34)29-15-18-11-12-20(27)14-21(18)17-8-6-9-19(13-17)26(2)23(33)32(3)24(28)31-26/h4-14H,15H2,1-3H3,(H2,28,31)(H2,29,30,34). The largest absolute Gasteiger partial charge is 0.369 e. The van der Waals surface area contributed by atoms with Gasteiger partial charge in [0.1, 0.15) is 0 Å². The Bertz CT molecular complexity index is 1310. The Morgan fingerprint density at radius 3 is 2.59 bits per heavy atom. The lowest BCUT2D eigenvalue weighted by molar-refractivity contribution is -0.130. The van der Waals surface area contributed by atoms with Crippen LogP contribution in [0.2, 0.25) is 0 Å². The minimum absolute atomic E-state index is 0.167. The van der Waals surface area contributed by atoms with E-state index in [4.69, 9.17) is 5.73 Å². The molecule has 1 atom stereocenters. The molecule has 0 fully saturated rings. The molecule has 8 heteroatoms. The zero-order chi connectivity index (χ0) is 24.5. The number of nitrogens with one attached hydrogen (secondary N) is 2. The molecule has 0 aliphatic carbocycles. The topological polar surface area (TPSA) is 99.8 Å². The molecule has 174 valence electrons. The van der Waals surface area contributed by atoms with Gasteiger partial charge in [-0.2, -0.15) is 0 Å². The van der Waals surface area contributed by atoms with Gasteiger partial charge in [-0.25, -0.2) is 9.79 Å². The third kappa shape index (κ3) is 4.63. The Balaban J connectivity index is 1.60. The molecular formula is C26H26IN5O2. The van der Waals surface area contributed by atoms with E-state index in [-0.39, 0.29) is 17.9 Å². The Morgan fingerprint density at radius 2 is 1.88 bits per heavy atom. The molecule has 7 nitrogen and oxygen atoms in total. The van der Waals surface area contributed by atoms with Crippen LogP contribution in [0.3, 0.4) is 0 Å². The molecule has 1 aliphatic heterocycles. The molecule has 4 rings (SSSR count). The van der Waals surface area contributed by atoms with Crippen LogP contribution < -0.4 is 16.4 Å². The molecular weight excluding hydrogens is 541 g/mol. The second kappa shape index (κ2) is 9.46. The maximum Gasteiger partial charge on any atom is 0.319 e. The van der Waals surface area contributed by atoms with Gasteiger partial charge in [-0.05, 0) is 88.5 Å². The molecule has 3 amide bonds. The highest BCUT2D eigenvalue weighted by molar-refractivity contribution is 14.1. The fourth-order valence-corrected chi connectivity index (χ4v) is 4.48. The Kier molecular flexibility index (Phi) is 6.60. The number of carbonyl (C=O) groups is 2. The zero-order valence-electron chi connectivity index (χ0n) is 19.2. The number of benzene rings is 3. The summed E-state index contributed by atoms with van der Waals surface area (Å²) in [5, 5.41) is 5.84. The molecule has 4 N–H and O–H groups in total. The number of para-hydroxylation sites is 1. The molecule has 1 unspecified atom stereocenters. The number of amides is 3. The maximum atomic E-state index is 12.8. The van der Waals surface area contributed by atoms with Crippen LogP contribution in [0.5, 0.6) is 0 Å². The number of aryl methyl sites for hydroxylation is 1. The number of guanidine groups is 1. The van der Waals surface area contributed by atoms with Crippen LogP contribution in [0.25, 0.3) is 11.1 Å². The zero-order valence-corrected chi connectivity index (χ0v) is 21.4. The second-order valence-corrected chi connectivity index (χ2v) is 9.66. The van der Waals surface area contributed by atoms with Gasteiger partial charge in [0.2, 0.25) is 0 Å². The van der Waals surface area contributed by atoms with Gasteiger partial charge in [-0.3, -0.25) is 9.69 Å². The number of urea groups is 1. The number of anilines is 1. The van der Waals surface area contributed by atoms with Crippen LogP contribution in [0, 0.1) is 10.5 Å². The van der Waals surface area contributed by atoms with E-state index in [1.54, 1.807) is 14.0 Å². The number of likely N-dealkylation sites (N-methyl/N-ethyl adjacent to an activating group) is 1. The highest BCUT2D eigenvalue weighted by Crippen LogP contribution is 2.35. The summed E-state index contributed by atoms with van der Waals surface area (Å²) in [5.74, 6) is 0.0382. The van der Waals surface area contributed by atoms with E-state index >= 15 is 0 Å². The fourth-order valence-electron chi connectivity index (χ4n) is 3.99. The summed E-state index contributed by atoms with van der Waals surface area (Å²) in [7, 11) is 1.63. The van der Waals surface area contributed by atoms with Crippen molar-refractivity contribution in [3.05, 3.63) is 87.0 Å². The van der Waals surface area contributed by atoms with Crippen molar-refractivity contribution in [1.29, 1.82) is 0 Å². The molecule has 0 bridgehead atoms. The van der Waals surface area contributed by atoms with Gasteiger partial charge in [0.05, 0.1) is 0 Å². The first kappa shape index (κ1) is 23.7. The number of aliphatic imine (C=N–C) groups is 1. The van der Waals surface area contributed by atoms with E-state index in [0.717, 1.165) is 37.1 Å². The van der Waals surface area contributed by atoms with Crippen molar-refractivity contribution < 1.29 is 9.59 Å². The SMILES string of the molecule is Cc1ccccc1NC(=O)NCc1ccc(I)cc1-c1cccc(C2(C)N=C(N)N(C)C2=O)c1. The first-order valence-electron chi connectivity index (χ1n) is 10.8. The number of carbonyl (C=O) groups excluding carboxylic acids is 2. The average molecular weight is 567 g/mol. The van der Waals surface area contributed by atoms with Gasteiger partial charge in [0, 0.05) is 22.8 Å². The van der Waals surface area contributed by atoms with Crippen molar-refractivity contribution in [2.24, 2.45) is 10.7 Å². The highest BCUT2D eigenvalue weighted by Gasteiger charge is 2.43. The maximum absolute atomic E-state index is 12.8. The molecule has 0 saturated heterocycles. The van der Waals surface area contributed by atoms with Gasteiger partial charge < -0.3 is 16.4 Å².